The molecular formula is C19H38N2O4Si. The number of amides is 1. The predicted octanol–water partition coefficient (Wildman–Crippen LogP) is 2.25. The lowest BCUT2D eigenvalue weighted by molar-refractivity contribution is -0.144. The van der Waals surface area contributed by atoms with E-state index in [2.05, 4.69) is 17.3 Å². The molecule has 1 amide bonds. The SMILES string of the molecule is CC(=O)OCC(CN(C)C1CCCCCCCC1)OC(=O)NCCC[SiH3]. The highest BCUT2D eigenvalue weighted by molar-refractivity contribution is 6.08. The minimum atomic E-state index is -0.437. The highest BCUT2D eigenvalue weighted by Gasteiger charge is 2.23. The maximum Gasteiger partial charge on any atom is 0.407 e. The molecule has 0 spiro atoms. The number of carbonyl (C=O) groups excluding carboxylic acids is 2. The summed E-state index contributed by atoms with van der Waals surface area (Å²) in [4.78, 5) is 25.4. The van der Waals surface area contributed by atoms with Gasteiger partial charge in [-0.2, -0.15) is 0 Å². The molecular weight excluding hydrogens is 348 g/mol. The number of nitrogens with zero attached hydrogens (tertiary/aromatic N) is 1. The Morgan fingerprint density at radius 1 is 1.15 bits per heavy atom. The molecule has 6 nitrogen and oxygen atoms in total. The van der Waals surface area contributed by atoms with Gasteiger partial charge >= 0.3 is 12.1 Å². The van der Waals surface area contributed by atoms with Crippen LogP contribution < -0.4 is 5.32 Å². The van der Waals surface area contributed by atoms with Gasteiger partial charge in [0.15, 0.2) is 6.10 Å². The van der Waals surface area contributed by atoms with Crippen molar-refractivity contribution < 1.29 is 19.1 Å². The van der Waals surface area contributed by atoms with Crippen molar-refractivity contribution in [3.63, 3.8) is 0 Å². The number of hydrogen-bond acceptors (Lipinski definition) is 5. The highest BCUT2D eigenvalue weighted by Crippen LogP contribution is 2.20. The smallest absolute Gasteiger partial charge is 0.407 e. The fourth-order valence-corrected chi connectivity index (χ4v) is 3.77. The van der Waals surface area contributed by atoms with Gasteiger partial charge in [0.1, 0.15) is 6.61 Å². The molecule has 0 aromatic heterocycles. The van der Waals surface area contributed by atoms with Gasteiger partial charge in [0.25, 0.3) is 0 Å². The molecule has 0 aliphatic heterocycles. The van der Waals surface area contributed by atoms with Crippen molar-refractivity contribution in [1.82, 2.24) is 10.2 Å². The van der Waals surface area contributed by atoms with Gasteiger partial charge in [-0.15, -0.1) is 0 Å². The second-order valence-corrected chi connectivity index (χ2v) is 8.40. The van der Waals surface area contributed by atoms with Gasteiger partial charge in [0, 0.05) is 36.3 Å². The van der Waals surface area contributed by atoms with Gasteiger partial charge in [-0.05, 0) is 26.3 Å². The van der Waals surface area contributed by atoms with Crippen LogP contribution in [0, 0.1) is 0 Å². The summed E-state index contributed by atoms with van der Waals surface area (Å²) in [5, 5.41) is 2.78. The van der Waals surface area contributed by atoms with Gasteiger partial charge in [-0.3, -0.25) is 9.69 Å². The van der Waals surface area contributed by atoms with Gasteiger partial charge in [-0.25, -0.2) is 4.79 Å². The van der Waals surface area contributed by atoms with Crippen LogP contribution in [0.1, 0.15) is 64.7 Å². The molecule has 1 rings (SSSR count). The molecule has 7 heteroatoms. The maximum atomic E-state index is 12.0. The van der Waals surface area contributed by atoms with Crippen LogP contribution in [0.15, 0.2) is 0 Å². The number of esters is 1. The molecule has 26 heavy (non-hydrogen) atoms. The average molecular weight is 387 g/mol. The van der Waals surface area contributed by atoms with Crippen LogP contribution in [0.3, 0.4) is 0 Å². The number of alkyl carbamates (subject to hydrolysis) is 1. The molecule has 1 fully saturated rings. The van der Waals surface area contributed by atoms with E-state index in [9.17, 15) is 9.59 Å². The van der Waals surface area contributed by atoms with Crippen molar-refractivity contribution in [3.05, 3.63) is 0 Å². The third-order valence-electron chi connectivity index (χ3n) is 4.99. The van der Waals surface area contributed by atoms with Crippen LogP contribution in [-0.2, 0) is 14.3 Å². The van der Waals surface area contributed by atoms with E-state index in [1.54, 1.807) is 0 Å². The molecule has 0 heterocycles. The first kappa shape index (κ1) is 23.0. The number of carbonyl (C=O) groups is 2. The van der Waals surface area contributed by atoms with Crippen molar-refractivity contribution in [1.29, 1.82) is 0 Å². The summed E-state index contributed by atoms with van der Waals surface area (Å²) in [6, 6.07) is 1.66. The molecule has 0 saturated heterocycles. The standard InChI is InChI=1S/C19H38N2O4Si/c1-16(22)24-15-18(25-19(23)20-12-9-13-26)14-21(2)17-10-7-5-3-4-6-8-11-17/h17-18H,3-15H2,1-2,26H3,(H,20,23). The normalized spacial score (nSPS) is 17.8. The van der Waals surface area contributed by atoms with Crippen LogP contribution in [0.4, 0.5) is 4.79 Å². The molecule has 0 aromatic rings. The first-order valence-electron chi connectivity index (χ1n) is 10.3. The first-order chi connectivity index (χ1) is 12.5. The number of nitrogens with one attached hydrogen (secondary N) is 1. The summed E-state index contributed by atoms with van der Waals surface area (Å²) in [6.45, 7) is 2.72. The third kappa shape index (κ3) is 10.8. The van der Waals surface area contributed by atoms with Crippen molar-refractivity contribution in [3.8, 4) is 0 Å². The van der Waals surface area contributed by atoms with E-state index in [1.807, 2.05) is 0 Å². The zero-order valence-corrected chi connectivity index (χ0v) is 18.9. The Kier molecular flexibility index (Phi) is 12.4. The van der Waals surface area contributed by atoms with E-state index < -0.39 is 12.2 Å². The number of likely N-dealkylation sites (N-methyl/N-ethyl adjacent to an activating group) is 1. The van der Waals surface area contributed by atoms with Crippen LogP contribution in [0.2, 0.25) is 6.04 Å². The van der Waals surface area contributed by atoms with Crippen molar-refractivity contribution >= 4 is 22.3 Å². The van der Waals surface area contributed by atoms with E-state index in [0.717, 1.165) is 22.7 Å². The summed E-state index contributed by atoms with van der Waals surface area (Å²) in [5.41, 5.74) is 0. The first-order valence-corrected chi connectivity index (χ1v) is 11.7. The zero-order valence-electron chi connectivity index (χ0n) is 16.9. The number of rotatable bonds is 9. The summed E-state index contributed by atoms with van der Waals surface area (Å²) >= 11 is 0. The van der Waals surface area contributed by atoms with Gasteiger partial charge < -0.3 is 14.8 Å². The fourth-order valence-electron chi connectivity index (χ4n) is 3.42. The van der Waals surface area contributed by atoms with Crippen LogP contribution in [0.5, 0.6) is 0 Å². The van der Waals surface area contributed by atoms with Gasteiger partial charge in [0.05, 0.1) is 0 Å². The summed E-state index contributed by atoms with van der Waals surface area (Å²) in [7, 11) is 3.23. The molecule has 1 saturated carbocycles. The molecule has 0 radical (unpaired) electrons. The predicted molar refractivity (Wildman–Crippen MR) is 108 cm³/mol. The van der Waals surface area contributed by atoms with Crippen molar-refractivity contribution in [2.24, 2.45) is 0 Å². The Balaban J connectivity index is 2.54. The number of ether oxygens (including phenoxy) is 2. The Morgan fingerprint density at radius 3 is 2.35 bits per heavy atom. The summed E-state index contributed by atoms with van der Waals surface area (Å²) in [6.07, 6.45) is 10.3. The molecule has 1 N–H and O–H groups in total. The third-order valence-corrected chi connectivity index (χ3v) is 5.69. The van der Waals surface area contributed by atoms with E-state index in [0.29, 0.717) is 19.1 Å². The Bertz CT molecular complexity index is 399. The second-order valence-electron chi connectivity index (χ2n) is 7.40. The van der Waals surface area contributed by atoms with E-state index in [4.69, 9.17) is 9.47 Å². The minimum Gasteiger partial charge on any atom is -0.462 e. The molecule has 0 aromatic carbocycles. The van der Waals surface area contributed by atoms with Crippen molar-refractivity contribution in [2.75, 3.05) is 26.7 Å². The lowest BCUT2D eigenvalue weighted by atomic mass is 10.0. The fraction of sp³-hybridized carbons (Fsp3) is 0.895. The average Bonchev–Trinajstić information content (AvgIpc) is 2.73. The Hall–Kier alpha value is -1.08. The van der Waals surface area contributed by atoms with E-state index in [-0.39, 0.29) is 12.6 Å². The van der Waals surface area contributed by atoms with E-state index in [1.165, 1.54) is 58.3 Å². The summed E-state index contributed by atoms with van der Waals surface area (Å²) < 4.78 is 10.7. The van der Waals surface area contributed by atoms with Gasteiger partial charge in [0.2, 0.25) is 0 Å². The minimum absolute atomic E-state index is 0.112. The zero-order chi connectivity index (χ0) is 19.2. The Morgan fingerprint density at radius 2 is 1.77 bits per heavy atom. The highest BCUT2D eigenvalue weighted by atomic mass is 28.1. The largest absolute Gasteiger partial charge is 0.462 e. The quantitative estimate of drug-likeness (QED) is 0.374. The Labute approximate surface area is 161 Å². The molecule has 1 atom stereocenters. The molecule has 152 valence electrons. The maximum absolute atomic E-state index is 12.0. The molecule has 0 bridgehead atoms. The monoisotopic (exact) mass is 386 g/mol. The van der Waals surface area contributed by atoms with Crippen LogP contribution in [0.25, 0.3) is 0 Å². The molecule has 1 unspecified atom stereocenters. The number of hydrogen-bond donors (Lipinski definition) is 1. The van der Waals surface area contributed by atoms with Gasteiger partial charge in [-0.1, -0.05) is 44.6 Å². The topological polar surface area (TPSA) is 67.9 Å². The molecule has 1 aliphatic rings. The van der Waals surface area contributed by atoms with Crippen LogP contribution >= 0.6 is 0 Å². The van der Waals surface area contributed by atoms with Crippen LogP contribution in [-0.4, -0.2) is 66.1 Å². The molecule has 1 aliphatic carbocycles. The summed E-state index contributed by atoms with van der Waals surface area (Å²) in [5.74, 6) is -0.347. The van der Waals surface area contributed by atoms with E-state index >= 15 is 0 Å². The van der Waals surface area contributed by atoms with Crippen molar-refractivity contribution in [2.45, 2.75) is 82.9 Å². The lowest BCUT2D eigenvalue weighted by Gasteiger charge is -2.31. The lowest BCUT2D eigenvalue weighted by Crippen LogP contribution is -2.43. The second kappa shape index (κ2) is 14.0.